The van der Waals surface area contributed by atoms with Gasteiger partial charge in [0.15, 0.2) is 0 Å². The maximum absolute atomic E-state index is 13.2. The molecular formula is C23H26F3N3O3S. The minimum atomic E-state index is -4.62. The number of amides is 1. The Bertz CT molecular complexity index is 1080. The van der Waals surface area contributed by atoms with Crippen molar-refractivity contribution in [3.8, 4) is 0 Å². The van der Waals surface area contributed by atoms with Crippen molar-refractivity contribution in [2.45, 2.75) is 36.5 Å². The SMILES string of the molecule is O=C(C1CCCN1Cc1ccccc1)N1CCN(S(=O)(=O)c2cccc(C(F)(F)F)c2)CC1. The number of hydrogen-bond donors (Lipinski definition) is 0. The number of alkyl halides is 3. The van der Waals surface area contributed by atoms with Gasteiger partial charge in [0.1, 0.15) is 0 Å². The lowest BCUT2D eigenvalue weighted by Crippen LogP contribution is -2.54. The number of piperazine rings is 1. The monoisotopic (exact) mass is 481 g/mol. The topological polar surface area (TPSA) is 60.9 Å². The number of rotatable bonds is 5. The van der Waals surface area contributed by atoms with Gasteiger partial charge >= 0.3 is 6.18 Å². The van der Waals surface area contributed by atoms with Crippen molar-refractivity contribution in [1.29, 1.82) is 0 Å². The van der Waals surface area contributed by atoms with Crippen LogP contribution in [0.3, 0.4) is 0 Å². The lowest BCUT2D eigenvalue weighted by atomic mass is 10.1. The highest BCUT2D eigenvalue weighted by molar-refractivity contribution is 7.89. The van der Waals surface area contributed by atoms with E-state index in [0.29, 0.717) is 12.6 Å². The summed E-state index contributed by atoms with van der Waals surface area (Å²) in [6, 6.07) is 13.5. The van der Waals surface area contributed by atoms with Crippen LogP contribution in [-0.2, 0) is 27.5 Å². The summed E-state index contributed by atoms with van der Waals surface area (Å²) in [5, 5.41) is 0. The molecule has 10 heteroatoms. The molecule has 6 nitrogen and oxygen atoms in total. The van der Waals surface area contributed by atoms with E-state index in [1.54, 1.807) is 4.90 Å². The van der Waals surface area contributed by atoms with Gasteiger partial charge in [-0.3, -0.25) is 9.69 Å². The van der Waals surface area contributed by atoms with Crippen molar-refractivity contribution in [2.24, 2.45) is 0 Å². The molecule has 1 amide bonds. The predicted molar refractivity (Wildman–Crippen MR) is 117 cm³/mol. The molecule has 2 aliphatic heterocycles. The zero-order chi connectivity index (χ0) is 23.6. The molecule has 2 aliphatic rings. The number of nitrogens with zero attached hydrogens (tertiary/aromatic N) is 3. The highest BCUT2D eigenvalue weighted by Crippen LogP contribution is 2.31. The average molecular weight is 482 g/mol. The summed E-state index contributed by atoms with van der Waals surface area (Å²) in [5.74, 6) is -0.0143. The van der Waals surface area contributed by atoms with Gasteiger partial charge in [-0.05, 0) is 43.1 Å². The molecule has 33 heavy (non-hydrogen) atoms. The first-order valence-electron chi connectivity index (χ1n) is 10.9. The molecule has 0 N–H and O–H groups in total. The van der Waals surface area contributed by atoms with Gasteiger partial charge in [-0.1, -0.05) is 36.4 Å². The summed E-state index contributed by atoms with van der Waals surface area (Å²) in [7, 11) is -4.08. The van der Waals surface area contributed by atoms with Gasteiger partial charge in [-0.2, -0.15) is 17.5 Å². The van der Waals surface area contributed by atoms with Crippen molar-refractivity contribution in [3.63, 3.8) is 0 Å². The molecule has 0 aromatic heterocycles. The zero-order valence-corrected chi connectivity index (χ0v) is 18.9. The van der Waals surface area contributed by atoms with Crippen LogP contribution in [0.1, 0.15) is 24.0 Å². The predicted octanol–water partition coefficient (Wildman–Crippen LogP) is 3.20. The maximum atomic E-state index is 13.2. The Kier molecular flexibility index (Phi) is 6.78. The van der Waals surface area contributed by atoms with Crippen LogP contribution in [0.4, 0.5) is 13.2 Å². The maximum Gasteiger partial charge on any atom is 0.416 e. The third-order valence-electron chi connectivity index (χ3n) is 6.23. The average Bonchev–Trinajstić information content (AvgIpc) is 3.27. The molecule has 2 aromatic rings. The Labute approximate surface area is 191 Å². The van der Waals surface area contributed by atoms with E-state index >= 15 is 0 Å². The van der Waals surface area contributed by atoms with E-state index in [1.165, 1.54) is 6.07 Å². The molecule has 0 bridgehead atoms. The Morgan fingerprint density at radius 1 is 0.939 bits per heavy atom. The standard InChI is InChI=1S/C23H26F3N3O3S/c24-23(25,26)19-8-4-9-20(16-19)33(31,32)29-14-12-27(13-15-29)22(30)21-10-5-11-28(21)17-18-6-2-1-3-7-18/h1-4,6-9,16,21H,5,10-15,17H2. The largest absolute Gasteiger partial charge is 0.416 e. The summed E-state index contributed by atoms with van der Waals surface area (Å²) in [6.45, 7) is 2.04. The molecule has 0 aliphatic carbocycles. The van der Waals surface area contributed by atoms with Crippen molar-refractivity contribution < 1.29 is 26.4 Å². The van der Waals surface area contributed by atoms with Crippen LogP contribution < -0.4 is 0 Å². The molecule has 2 aromatic carbocycles. The van der Waals surface area contributed by atoms with E-state index in [-0.39, 0.29) is 43.0 Å². The minimum Gasteiger partial charge on any atom is -0.339 e. The van der Waals surface area contributed by atoms with Gasteiger partial charge < -0.3 is 4.90 Å². The number of sulfonamides is 1. The Morgan fingerprint density at radius 3 is 2.30 bits per heavy atom. The molecule has 0 spiro atoms. The van der Waals surface area contributed by atoms with E-state index < -0.39 is 21.8 Å². The van der Waals surface area contributed by atoms with Crippen molar-refractivity contribution in [3.05, 3.63) is 65.7 Å². The number of halogens is 3. The van der Waals surface area contributed by atoms with Crippen LogP contribution in [0, 0.1) is 0 Å². The molecular weight excluding hydrogens is 455 g/mol. The fraction of sp³-hybridized carbons (Fsp3) is 0.435. The van der Waals surface area contributed by atoms with Gasteiger partial charge in [0.25, 0.3) is 0 Å². The fourth-order valence-electron chi connectivity index (χ4n) is 4.45. The highest BCUT2D eigenvalue weighted by atomic mass is 32.2. The van der Waals surface area contributed by atoms with Gasteiger partial charge in [0, 0.05) is 32.7 Å². The zero-order valence-electron chi connectivity index (χ0n) is 18.0. The van der Waals surface area contributed by atoms with E-state index in [4.69, 9.17) is 0 Å². The van der Waals surface area contributed by atoms with Gasteiger partial charge in [-0.25, -0.2) is 8.42 Å². The summed E-state index contributed by atoms with van der Waals surface area (Å²) in [5.41, 5.74) is 0.131. The molecule has 2 saturated heterocycles. The van der Waals surface area contributed by atoms with Crippen LogP contribution in [0.25, 0.3) is 0 Å². The molecule has 0 radical (unpaired) electrons. The van der Waals surface area contributed by atoms with Gasteiger partial charge in [0.2, 0.25) is 15.9 Å². The summed E-state index contributed by atoms with van der Waals surface area (Å²) in [6.07, 6.45) is -2.94. The van der Waals surface area contributed by atoms with E-state index in [9.17, 15) is 26.4 Å². The minimum absolute atomic E-state index is 0.0143. The lowest BCUT2D eigenvalue weighted by Gasteiger charge is -2.36. The van der Waals surface area contributed by atoms with Crippen LogP contribution in [0.2, 0.25) is 0 Å². The highest BCUT2D eigenvalue weighted by Gasteiger charge is 2.37. The number of benzene rings is 2. The molecule has 4 rings (SSSR count). The first kappa shape index (κ1) is 23.7. The molecule has 1 unspecified atom stereocenters. The molecule has 178 valence electrons. The van der Waals surface area contributed by atoms with E-state index in [0.717, 1.165) is 41.4 Å². The van der Waals surface area contributed by atoms with Crippen molar-refractivity contribution in [1.82, 2.24) is 14.1 Å². The summed E-state index contributed by atoms with van der Waals surface area (Å²) in [4.78, 5) is 16.6. The Hall–Kier alpha value is -2.43. The second-order valence-electron chi connectivity index (χ2n) is 8.37. The number of carbonyl (C=O) groups excluding carboxylic acids is 1. The van der Waals surface area contributed by atoms with Crippen molar-refractivity contribution in [2.75, 3.05) is 32.7 Å². The first-order chi connectivity index (χ1) is 15.7. The third kappa shape index (κ3) is 5.23. The summed E-state index contributed by atoms with van der Waals surface area (Å²) >= 11 is 0. The number of likely N-dealkylation sites (tertiary alicyclic amines) is 1. The fourth-order valence-corrected chi connectivity index (χ4v) is 5.92. The van der Waals surface area contributed by atoms with Crippen LogP contribution in [0.15, 0.2) is 59.5 Å². The summed E-state index contributed by atoms with van der Waals surface area (Å²) < 4.78 is 66.0. The molecule has 1 atom stereocenters. The van der Waals surface area contributed by atoms with Crippen LogP contribution in [0.5, 0.6) is 0 Å². The Balaban J connectivity index is 1.39. The number of carbonyl (C=O) groups is 1. The Morgan fingerprint density at radius 2 is 1.64 bits per heavy atom. The molecule has 0 saturated carbocycles. The smallest absolute Gasteiger partial charge is 0.339 e. The van der Waals surface area contributed by atoms with Crippen LogP contribution in [-0.4, -0.2) is 67.2 Å². The molecule has 2 fully saturated rings. The number of hydrogen-bond acceptors (Lipinski definition) is 4. The van der Waals surface area contributed by atoms with Gasteiger partial charge in [0.05, 0.1) is 16.5 Å². The second-order valence-corrected chi connectivity index (χ2v) is 10.3. The lowest BCUT2D eigenvalue weighted by molar-refractivity contribution is -0.138. The normalized spacial score (nSPS) is 20.8. The van der Waals surface area contributed by atoms with E-state index in [2.05, 4.69) is 4.90 Å². The van der Waals surface area contributed by atoms with Crippen molar-refractivity contribution >= 4 is 15.9 Å². The quantitative estimate of drug-likeness (QED) is 0.658. The molecule has 2 heterocycles. The van der Waals surface area contributed by atoms with Gasteiger partial charge in [-0.15, -0.1) is 0 Å². The van der Waals surface area contributed by atoms with Crippen LogP contribution >= 0.6 is 0 Å². The third-order valence-corrected chi connectivity index (χ3v) is 8.12. The first-order valence-corrected chi connectivity index (χ1v) is 12.3. The second kappa shape index (κ2) is 9.44. The van der Waals surface area contributed by atoms with E-state index in [1.807, 2.05) is 30.3 Å².